The van der Waals surface area contributed by atoms with Crippen molar-refractivity contribution in [1.82, 2.24) is 14.5 Å². The second-order valence-corrected chi connectivity index (χ2v) is 5.30. The number of hydrogen-bond donors (Lipinski definition) is 1. The van der Waals surface area contributed by atoms with Crippen LogP contribution in [0.4, 0.5) is 0 Å². The van der Waals surface area contributed by atoms with Gasteiger partial charge in [0, 0.05) is 6.20 Å². The Kier molecular flexibility index (Phi) is 2.93. The smallest absolute Gasteiger partial charge is 0.264 e. The van der Waals surface area contributed by atoms with Crippen LogP contribution in [0.15, 0.2) is 41.3 Å². The number of nitrogens with zero attached hydrogens (tertiary/aromatic N) is 2. The predicted octanol–water partition coefficient (Wildman–Crippen LogP) is 2.23. The fourth-order valence-electron chi connectivity index (χ4n) is 2.45. The van der Waals surface area contributed by atoms with Gasteiger partial charge in [0.15, 0.2) is 16.3 Å². The van der Waals surface area contributed by atoms with Crippen molar-refractivity contribution in [2.75, 3.05) is 6.79 Å². The van der Waals surface area contributed by atoms with Crippen LogP contribution in [0.1, 0.15) is 5.56 Å². The Hall–Kier alpha value is -2.67. The maximum atomic E-state index is 12.6. The van der Waals surface area contributed by atoms with Gasteiger partial charge in [-0.05, 0) is 42.0 Å². The van der Waals surface area contributed by atoms with E-state index in [1.807, 2.05) is 18.2 Å². The summed E-state index contributed by atoms with van der Waals surface area (Å²) in [5.41, 5.74) is 1.25. The van der Waals surface area contributed by atoms with E-state index < -0.39 is 0 Å². The van der Waals surface area contributed by atoms with E-state index in [0.717, 1.165) is 5.56 Å². The van der Waals surface area contributed by atoms with E-state index in [0.29, 0.717) is 33.8 Å². The molecule has 0 saturated heterocycles. The number of ether oxygens (including phenoxy) is 2. The molecule has 0 spiro atoms. The molecule has 0 bridgehead atoms. The Morgan fingerprint density at radius 1 is 1.27 bits per heavy atom. The average Bonchev–Trinajstić information content (AvgIpc) is 2.99. The summed E-state index contributed by atoms with van der Waals surface area (Å²) in [7, 11) is 0. The second kappa shape index (κ2) is 4.96. The van der Waals surface area contributed by atoms with Crippen LogP contribution in [-0.2, 0) is 6.54 Å². The molecular formula is C15H11N3O3S. The lowest BCUT2D eigenvalue weighted by Gasteiger charge is -2.08. The van der Waals surface area contributed by atoms with Crippen LogP contribution in [-0.4, -0.2) is 21.3 Å². The number of aromatic nitrogens is 3. The normalized spacial score (nSPS) is 12.7. The maximum Gasteiger partial charge on any atom is 0.264 e. The van der Waals surface area contributed by atoms with Gasteiger partial charge in [0.1, 0.15) is 5.65 Å². The van der Waals surface area contributed by atoms with Gasteiger partial charge in [0.2, 0.25) is 6.79 Å². The molecule has 6 nitrogen and oxygen atoms in total. The standard InChI is InChI=1S/C15H11N3O3S/c19-14-10-2-1-5-16-13(10)17-15(22)18(14)7-9-3-4-11-12(6-9)21-8-20-11/h1-6H,7-8H2,(H,16,17,22). The molecule has 7 heteroatoms. The lowest BCUT2D eigenvalue weighted by atomic mass is 10.2. The Bertz CT molecular complexity index is 993. The molecule has 0 unspecified atom stereocenters. The van der Waals surface area contributed by atoms with Crippen LogP contribution in [0.3, 0.4) is 0 Å². The number of hydrogen-bond acceptors (Lipinski definition) is 5. The molecule has 1 aliphatic rings. The number of pyridine rings is 1. The lowest BCUT2D eigenvalue weighted by Crippen LogP contribution is -2.23. The number of nitrogens with one attached hydrogen (secondary N) is 1. The number of rotatable bonds is 2. The zero-order chi connectivity index (χ0) is 15.1. The molecule has 3 heterocycles. The van der Waals surface area contributed by atoms with Gasteiger partial charge >= 0.3 is 0 Å². The minimum absolute atomic E-state index is 0.162. The highest BCUT2D eigenvalue weighted by Crippen LogP contribution is 2.32. The monoisotopic (exact) mass is 313 g/mol. The molecule has 1 aliphatic heterocycles. The Morgan fingerprint density at radius 3 is 3.05 bits per heavy atom. The van der Waals surface area contributed by atoms with Gasteiger partial charge in [-0.15, -0.1) is 0 Å². The first-order valence-corrected chi connectivity index (χ1v) is 7.09. The molecule has 2 aromatic heterocycles. The van der Waals surface area contributed by atoms with Gasteiger partial charge in [-0.25, -0.2) is 4.98 Å². The van der Waals surface area contributed by atoms with Gasteiger partial charge in [0.25, 0.3) is 5.56 Å². The fraction of sp³-hybridized carbons (Fsp3) is 0.133. The second-order valence-electron chi connectivity index (χ2n) is 4.91. The average molecular weight is 313 g/mol. The number of H-pyrrole nitrogens is 1. The fourth-order valence-corrected chi connectivity index (χ4v) is 2.69. The summed E-state index contributed by atoms with van der Waals surface area (Å²) >= 11 is 5.28. The molecule has 0 fully saturated rings. The minimum Gasteiger partial charge on any atom is -0.454 e. The van der Waals surface area contributed by atoms with Crippen molar-refractivity contribution >= 4 is 23.3 Å². The van der Waals surface area contributed by atoms with Crippen LogP contribution in [0.5, 0.6) is 11.5 Å². The van der Waals surface area contributed by atoms with Crippen molar-refractivity contribution in [2.24, 2.45) is 0 Å². The van der Waals surface area contributed by atoms with Gasteiger partial charge in [0.05, 0.1) is 11.9 Å². The highest BCUT2D eigenvalue weighted by Gasteiger charge is 2.14. The summed E-state index contributed by atoms with van der Waals surface area (Å²) in [6.45, 7) is 0.579. The Balaban J connectivity index is 1.82. The first-order chi connectivity index (χ1) is 10.7. The van der Waals surface area contributed by atoms with Crippen molar-refractivity contribution < 1.29 is 9.47 Å². The first-order valence-electron chi connectivity index (χ1n) is 6.69. The summed E-state index contributed by atoms with van der Waals surface area (Å²) < 4.78 is 12.5. The summed E-state index contributed by atoms with van der Waals surface area (Å²) in [6.07, 6.45) is 1.62. The van der Waals surface area contributed by atoms with Crippen molar-refractivity contribution in [3.8, 4) is 11.5 Å². The van der Waals surface area contributed by atoms with Gasteiger partial charge in [-0.1, -0.05) is 6.07 Å². The first kappa shape index (κ1) is 13.0. The molecule has 110 valence electrons. The van der Waals surface area contributed by atoms with E-state index in [4.69, 9.17) is 21.7 Å². The SMILES string of the molecule is O=c1c2cccnc2[nH]c(=S)n1Cc1ccc2c(c1)OCO2. The van der Waals surface area contributed by atoms with E-state index in [2.05, 4.69) is 9.97 Å². The van der Waals surface area contributed by atoms with E-state index in [1.165, 1.54) is 4.57 Å². The third-order valence-corrected chi connectivity index (χ3v) is 3.85. The maximum absolute atomic E-state index is 12.6. The highest BCUT2D eigenvalue weighted by atomic mass is 32.1. The molecule has 22 heavy (non-hydrogen) atoms. The number of aromatic amines is 1. The quantitative estimate of drug-likeness (QED) is 0.735. The van der Waals surface area contributed by atoms with Crippen molar-refractivity contribution in [3.63, 3.8) is 0 Å². The van der Waals surface area contributed by atoms with Crippen molar-refractivity contribution in [2.45, 2.75) is 6.54 Å². The zero-order valence-corrected chi connectivity index (χ0v) is 12.2. The topological polar surface area (TPSA) is 69.1 Å². The van der Waals surface area contributed by atoms with E-state index in [1.54, 1.807) is 18.3 Å². The van der Waals surface area contributed by atoms with E-state index in [-0.39, 0.29) is 12.4 Å². The Morgan fingerprint density at radius 2 is 2.14 bits per heavy atom. The van der Waals surface area contributed by atoms with Crippen LogP contribution >= 0.6 is 12.2 Å². The molecule has 1 N–H and O–H groups in total. The molecular weight excluding hydrogens is 302 g/mol. The summed E-state index contributed by atoms with van der Waals surface area (Å²) in [4.78, 5) is 19.7. The predicted molar refractivity (Wildman–Crippen MR) is 82.9 cm³/mol. The summed E-state index contributed by atoms with van der Waals surface area (Å²) in [5.74, 6) is 1.40. The molecule has 0 atom stereocenters. The Labute approximate surface area is 130 Å². The van der Waals surface area contributed by atoms with Crippen LogP contribution in [0.2, 0.25) is 0 Å². The molecule has 4 rings (SSSR count). The van der Waals surface area contributed by atoms with Gasteiger partial charge < -0.3 is 14.5 Å². The van der Waals surface area contributed by atoms with Gasteiger partial charge in [-0.3, -0.25) is 9.36 Å². The van der Waals surface area contributed by atoms with Crippen LogP contribution in [0, 0.1) is 4.77 Å². The zero-order valence-electron chi connectivity index (χ0n) is 11.4. The van der Waals surface area contributed by atoms with Crippen molar-refractivity contribution in [3.05, 3.63) is 57.2 Å². The molecule has 0 aliphatic carbocycles. The number of benzene rings is 1. The van der Waals surface area contributed by atoms with E-state index >= 15 is 0 Å². The largest absolute Gasteiger partial charge is 0.454 e. The molecule has 1 aromatic carbocycles. The molecule has 0 saturated carbocycles. The number of fused-ring (bicyclic) bond motifs is 2. The van der Waals surface area contributed by atoms with Gasteiger partial charge in [-0.2, -0.15) is 0 Å². The van der Waals surface area contributed by atoms with Crippen molar-refractivity contribution in [1.29, 1.82) is 0 Å². The minimum atomic E-state index is -0.162. The van der Waals surface area contributed by atoms with Crippen LogP contribution < -0.4 is 15.0 Å². The lowest BCUT2D eigenvalue weighted by molar-refractivity contribution is 0.174. The molecule has 3 aromatic rings. The molecule has 0 amide bonds. The summed E-state index contributed by atoms with van der Waals surface area (Å²) in [6, 6.07) is 9.04. The summed E-state index contributed by atoms with van der Waals surface area (Å²) in [5, 5.41) is 0.511. The third kappa shape index (κ3) is 2.06. The molecule has 0 radical (unpaired) electrons. The van der Waals surface area contributed by atoms with E-state index in [9.17, 15) is 4.79 Å². The highest BCUT2D eigenvalue weighted by molar-refractivity contribution is 7.71. The van der Waals surface area contributed by atoms with Crippen LogP contribution in [0.25, 0.3) is 11.0 Å². The third-order valence-electron chi connectivity index (χ3n) is 3.53.